The number of benzene rings is 1. The molecule has 0 atom stereocenters. The topological polar surface area (TPSA) is 102 Å². The summed E-state index contributed by atoms with van der Waals surface area (Å²) >= 11 is 0. The molecule has 0 spiro atoms. The van der Waals surface area contributed by atoms with E-state index in [1.54, 1.807) is 0 Å². The van der Waals surface area contributed by atoms with Crippen LogP contribution in [0.1, 0.15) is 6.42 Å². The molecule has 0 unspecified atom stereocenters. The average Bonchev–Trinajstić information content (AvgIpc) is 2.36. The van der Waals surface area contributed by atoms with Crippen LogP contribution in [0.5, 0.6) is 11.5 Å². The lowest BCUT2D eigenvalue weighted by atomic mass is 10.3. The van der Waals surface area contributed by atoms with E-state index in [9.17, 15) is 22.0 Å². The van der Waals surface area contributed by atoms with Gasteiger partial charge < -0.3 is 14.6 Å². The molecule has 0 saturated carbocycles. The summed E-state index contributed by atoms with van der Waals surface area (Å²) in [6.07, 6.45) is -0.578. The molecule has 7 nitrogen and oxygen atoms in total. The summed E-state index contributed by atoms with van der Waals surface area (Å²) < 4.78 is 58.7. The van der Waals surface area contributed by atoms with Crippen LogP contribution in [0, 0.1) is 0 Å². The van der Waals surface area contributed by atoms with Gasteiger partial charge in [-0.15, -0.1) is 0 Å². The zero-order valence-electron chi connectivity index (χ0n) is 10.9. The molecule has 0 aliphatic carbocycles. The summed E-state index contributed by atoms with van der Waals surface area (Å²) in [4.78, 5) is 10.3. The van der Waals surface area contributed by atoms with E-state index in [-0.39, 0.29) is 17.2 Å². The number of carboxylic acids is 1. The highest BCUT2D eigenvalue weighted by Gasteiger charge is 2.16. The molecule has 21 heavy (non-hydrogen) atoms. The molecular formula is C11H13F2NO6S. The summed E-state index contributed by atoms with van der Waals surface area (Å²) in [5.74, 6) is -2.24. The molecule has 0 aromatic heterocycles. The zero-order chi connectivity index (χ0) is 16.0. The molecule has 10 heteroatoms. The van der Waals surface area contributed by atoms with E-state index in [1.165, 1.54) is 19.2 Å². The minimum absolute atomic E-state index is 0.00350. The molecule has 0 heterocycles. The number of carboxylic acid groups (broad SMARTS) is 1. The Bertz CT molecular complexity index is 605. The number of nitrogens with one attached hydrogen (secondary N) is 1. The lowest BCUT2D eigenvalue weighted by molar-refractivity contribution is -0.136. The lowest BCUT2D eigenvalue weighted by Gasteiger charge is -2.12. The largest absolute Gasteiger partial charge is 0.493 e. The lowest BCUT2D eigenvalue weighted by Crippen LogP contribution is -2.19. The maximum absolute atomic E-state index is 12.2. The first-order valence-electron chi connectivity index (χ1n) is 5.58. The van der Waals surface area contributed by atoms with Crippen molar-refractivity contribution in [2.24, 2.45) is 0 Å². The van der Waals surface area contributed by atoms with Gasteiger partial charge >= 0.3 is 12.6 Å². The van der Waals surface area contributed by atoms with Gasteiger partial charge in [-0.1, -0.05) is 0 Å². The van der Waals surface area contributed by atoms with Gasteiger partial charge in [0.25, 0.3) is 0 Å². The van der Waals surface area contributed by atoms with E-state index >= 15 is 0 Å². The van der Waals surface area contributed by atoms with Crippen LogP contribution >= 0.6 is 0 Å². The number of halogens is 2. The van der Waals surface area contributed by atoms with Gasteiger partial charge in [0.1, 0.15) is 0 Å². The van der Waals surface area contributed by atoms with Gasteiger partial charge in [-0.2, -0.15) is 8.78 Å². The van der Waals surface area contributed by atoms with Crippen molar-refractivity contribution in [3.05, 3.63) is 18.2 Å². The van der Waals surface area contributed by atoms with Crippen molar-refractivity contribution in [3.63, 3.8) is 0 Å². The monoisotopic (exact) mass is 325 g/mol. The van der Waals surface area contributed by atoms with E-state index in [1.807, 2.05) is 0 Å². The first-order valence-corrected chi connectivity index (χ1v) is 7.24. The van der Waals surface area contributed by atoms with Crippen molar-refractivity contribution in [1.82, 2.24) is 0 Å². The molecule has 1 rings (SSSR count). The fourth-order valence-electron chi connectivity index (χ4n) is 1.38. The first-order chi connectivity index (χ1) is 9.73. The predicted molar refractivity (Wildman–Crippen MR) is 69.3 cm³/mol. The minimum Gasteiger partial charge on any atom is -0.493 e. The Morgan fingerprint density at radius 2 is 2.05 bits per heavy atom. The molecule has 1 aromatic rings. The van der Waals surface area contributed by atoms with E-state index in [2.05, 4.69) is 9.46 Å². The summed E-state index contributed by atoms with van der Waals surface area (Å²) in [5.41, 5.74) is -0.0446. The normalized spacial score (nSPS) is 11.2. The molecule has 0 aliphatic heterocycles. The highest BCUT2D eigenvalue weighted by molar-refractivity contribution is 7.92. The summed E-state index contributed by atoms with van der Waals surface area (Å²) in [6.45, 7) is -3.10. The predicted octanol–water partition coefficient (Wildman–Crippen LogP) is 1.51. The minimum atomic E-state index is -3.91. The number of sulfonamides is 1. The average molecular weight is 325 g/mol. The highest BCUT2D eigenvalue weighted by atomic mass is 32.2. The third-order valence-corrected chi connectivity index (χ3v) is 3.53. The number of methoxy groups -OCH3 is 1. The molecule has 2 N–H and O–H groups in total. The standard InChI is InChI=1S/C11H13F2NO6S/c1-19-8-3-2-7(6-9(8)20-11(12)13)14-21(17,18)5-4-10(15)16/h2-3,6,11,14H,4-5H2,1H3,(H,15,16). The van der Waals surface area contributed by atoms with E-state index < -0.39 is 34.8 Å². The fourth-order valence-corrected chi connectivity index (χ4v) is 2.41. The molecule has 0 bridgehead atoms. The SMILES string of the molecule is COc1ccc(NS(=O)(=O)CCC(=O)O)cc1OC(F)F. The number of anilines is 1. The third kappa shape index (κ3) is 5.81. The molecule has 118 valence electrons. The smallest absolute Gasteiger partial charge is 0.387 e. The second-order valence-corrected chi connectivity index (χ2v) is 5.65. The molecule has 1 aromatic carbocycles. The molecular weight excluding hydrogens is 312 g/mol. The number of hydrogen-bond acceptors (Lipinski definition) is 5. The van der Waals surface area contributed by atoms with Crippen molar-refractivity contribution in [3.8, 4) is 11.5 Å². The maximum atomic E-state index is 12.2. The molecule has 0 saturated heterocycles. The Hall–Kier alpha value is -2.10. The van der Waals surface area contributed by atoms with Crippen LogP contribution in [0.4, 0.5) is 14.5 Å². The Morgan fingerprint density at radius 3 is 2.57 bits per heavy atom. The van der Waals surface area contributed by atoms with Crippen molar-refractivity contribution in [2.75, 3.05) is 17.6 Å². The highest BCUT2D eigenvalue weighted by Crippen LogP contribution is 2.31. The number of ether oxygens (including phenoxy) is 2. The molecule has 0 amide bonds. The number of hydrogen-bond donors (Lipinski definition) is 2. The van der Waals surface area contributed by atoms with E-state index in [0.29, 0.717) is 0 Å². The number of rotatable bonds is 8. The second-order valence-electron chi connectivity index (χ2n) is 3.81. The van der Waals surface area contributed by atoms with Gasteiger partial charge in [0, 0.05) is 6.07 Å². The quantitative estimate of drug-likeness (QED) is 0.751. The Kier molecular flexibility index (Phi) is 5.70. The van der Waals surface area contributed by atoms with Crippen LogP contribution in [0.25, 0.3) is 0 Å². The van der Waals surface area contributed by atoms with Crippen molar-refractivity contribution >= 4 is 21.7 Å². The number of alkyl halides is 2. The van der Waals surface area contributed by atoms with Crippen molar-refractivity contribution < 1.29 is 36.6 Å². The van der Waals surface area contributed by atoms with Gasteiger partial charge in [0.2, 0.25) is 10.0 Å². The van der Waals surface area contributed by atoms with Gasteiger partial charge in [0.15, 0.2) is 11.5 Å². The van der Waals surface area contributed by atoms with Crippen molar-refractivity contribution in [1.29, 1.82) is 0 Å². The second kappa shape index (κ2) is 7.07. The zero-order valence-corrected chi connectivity index (χ0v) is 11.7. The Labute approximate surface area is 119 Å². The van der Waals surface area contributed by atoms with Crippen LogP contribution in [-0.2, 0) is 14.8 Å². The van der Waals surface area contributed by atoms with Gasteiger partial charge in [-0.25, -0.2) is 8.42 Å². The summed E-state index contributed by atoms with van der Waals surface area (Å²) in [5, 5.41) is 8.44. The van der Waals surface area contributed by atoms with Crippen LogP contribution in [0.3, 0.4) is 0 Å². The van der Waals surface area contributed by atoms with Crippen LogP contribution in [-0.4, -0.2) is 39.0 Å². The molecule has 0 aliphatic rings. The summed E-state index contributed by atoms with van der Waals surface area (Å²) in [6, 6.07) is 3.53. The van der Waals surface area contributed by atoms with Gasteiger partial charge in [-0.3, -0.25) is 9.52 Å². The Morgan fingerprint density at radius 1 is 1.38 bits per heavy atom. The molecule has 0 fully saturated rings. The number of aliphatic carboxylic acids is 1. The third-order valence-electron chi connectivity index (χ3n) is 2.24. The first kappa shape index (κ1) is 17.0. The number of carbonyl (C=O) groups is 1. The van der Waals surface area contributed by atoms with Crippen LogP contribution < -0.4 is 14.2 Å². The van der Waals surface area contributed by atoms with Crippen molar-refractivity contribution in [2.45, 2.75) is 13.0 Å². The molecule has 0 radical (unpaired) electrons. The summed E-state index contributed by atoms with van der Waals surface area (Å²) in [7, 11) is -2.67. The van der Waals surface area contributed by atoms with E-state index in [4.69, 9.17) is 9.84 Å². The van der Waals surface area contributed by atoms with Crippen LogP contribution in [0.15, 0.2) is 18.2 Å². The van der Waals surface area contributed by atoms with E-state index in [0.717, 1.165) is 6.07 Å². The Balaban J connectivity index is 2.91. The van der Waals surface area contributed by atoms with Gasteiger partial charge in [-0.05, 0) is 12.1 Å². The fraction of sp³-hybridized carbons (Fsp3) is 0.364. The van der Waals surface area contributed by atoms with Gasteiger partial charge in [0.05, 0.1) is 25.0 Å². The maximum Gasteiger partial charge on any atom is 0.387 e. The van der Waals surface area contributed by atoms with Crippen LogP contribution in [0.2, 0.25) is 0 Å².